The SMILES string of the molecule is Cn1cc(-c2ccc(=O)n(-c3ccc(OCF)cc3)c2)cn1. The number of alkyl halides is 1. The summed E-state index contributed by atoms with van der Waals surface area (Å²) in [7, 11) is 1.84. The van der Waals surface area contributed by atoms with E-state index in [9.17, 15) is 9.18 Å². The van der Waals surface area contributed by atoms with Crippen molar-refractivity contribution in [1.82, 2.24) is 14.3 Å². The van der Waals surface area contributed by atoms with Gasteiger partial charge in [0.15, 0.2) is 0 Å². The zero-order valence-corrected chi connectivity index (χ0v) is 11.9. The summed E-state index contributed by atoms with van der Waals surface area (Å²) in [5.74, 6) is 0.419. The molecule has 0 saturated carbocycles. The number of hydrogen-bond donors (Lipinski definition) is 0. The van der Waals surface area contributed by atoms with Crippen molar-refractivity contribution in [1.29, 1.82) is 0 Å². The van der Waals surface area contributed by atoms with E-state index in [1.54, 1.807) is 47.4 Å². The second-order valence-electron chi connectivity index (χ2n) is 4.78. The van der Waals surface area contributed by atoms with Crippen LogP contribution in [0.25, 0.3) is 16.8 Å². The zero-order chi connectivity index (χ0) is 15.5. The summed E-state index contributed by atoms with van der Waals surface area (Å²) < 4.78 is 20.1. The number of rotatable bonds is 4. The van der Waals surface area contributed by atoms with Gasteiger partial charge in [-0.05, 0) is 30.3 Å². The van der Waals surface area contributed by atoms with Gasteiger partial charge in [-0.25, -0.2) is 4.39 Å². The van der Waals surface area contributed by atoms with Gasteiger partial charge in [-0.1, -0.05) is 0 Å². The van der Waals surface area contributed by atoms with E-state index >= 15 is 0 Å². The third kappa shape index (κ3) is 2.76. The highest BCUT2D eigenvalue weighted by atomic mass is 19.1. The third-order valence-electron chi connectivity index (χ3n) is 3.29. The van der Waals surface area contributed by atoms with Crippen molar-refractivity contribution < 1.29 is 9.13 Å². The van der Waals surface area contributed by atoms with E-state index < -0.39 is 6.86 Å². The van der Waals surface area contributed by atoms with Crippen LogP contribution in [0, 0.1) is 0 Å². The van der Waals surface area contributed by atoms with Gasteiger partial charge in [-0.15, -0.1) is 0 Å². The number of ether oxygens (including phenoxy) is 1. The van der Waals surface area contributed by atoms with Crippen LogP contribution in [-0.4, -0.2) is 21.2 Å². The van der Waals surface area contributed by atoms with Gasteiger partial charge < -0.3 is 4.74 Å². The summed E-state index contributed by atoms with van der Waals surface area (Å²) in [5.41, 5.74) is 2.35. The smallest absolute Gasteiger partial charge is 0.255 e. The van der Waals surface area contributed by atoms with Crippen molar-refractivity contribution in [3.63, 3.8) is 0 Å². The molecular weight excluding hydrogens is 285 g/mol. The molecule has 0 aliphatic carbocycles. The fraction of sp³-hybridized carbons (Fsp3) is 0.125. The van der Waals surface area contributed by atoms with Gasteiger partial charge in [-0.2, -0.15) is 5.10 Å². The molecule has 3 aromatic rings. The molecular formula is C16H14FN3O2. The summed E-state index contributed by atoms with van der Waals surface area (Å²) in [6, 6.07) is 9.93. The van der Waals surface area contributed by atoms with E-state index in [2.05, 4.69) is 5.10 Å². The Bertz CT molecular complexity index is 837. The van der Waals surface area contributed by atoms with Crippen molar-refractivity contribution in [2.45, 2.75) is 0 Å². The molecule has 22 heavy (non-hydrogen) atoms. The minimum Gasteiger partial charge on any atom is -0.463 e. The van der Waals surface area contributed by atoms with Crippen molar-refractivity contribution in [2.75, 3.05) is 6.86 Å². The summed E-state index contributed by atoms with van der Waals surface area (Å²) in [6.07, 6.45) is 5.37. The minimum absolute atomic E-state index is 0.146. The maximum atomic E-state index is 12.1. The third-order valence-corrected chi connectivity index (χ3v) is 3.29. The van der Waals surface area contributed by atoms with E-state index in [0.29, 0.717) is 11.4 Å². The molecule has 0 amide bonds. The Balaban J connectivity index is 2.01. The Morgan fingerprint density at radius 3 is 2.50 bits per heavy atom. The quantitative estimate of drug-likeness (QED) is 0.744. The Hall–Kier alpha value is -2.89. The highest BCUT2D eigenvalue weighted by molar-refractivity contribution is 5.61. The molecule has 0 aliphatic heterocycles. The Morgan fingerprint density at radius 1 is 1.09 bits per heavy atom. The summed E-state index contributed by atoms with van der Waals surface area (Å²) in [6.45, 7) is -0.879. The molecule has 0 N–H and O–H groups in total. The second-order valence-corrected chi connectivity index (χ2v) is 4.78. The van der Waals surface area contributed by atoms with E-state index in [4.69, 9.17) is 4.74 Å². The first kappa shape index (κ1) is 14.1. The molecule has 5 nitrogen and oxygen atoms in total. The van der Waals surface area contributed by atoms with Crippen LogP contribution in [0.3, 0.4) is 0 Å². The highest BCUT2D eigenvalue weighted by Crippen LogP contribution is 2.19. The van der Waals surface area contributed by atoms with Crippen molar-refractivity contribution in [3.05, 3.63) is 65.3 Å². The number of pyridine rings is 1. The van der Waals surface area contributed by atoms with Crippen LogP contribution in [0.15, 0.2) is 59.8 Å². The molecule has 0 unspecified atom stereocenters. The lowest BCUT2D eigenvalue weighted by Crippen LogP contribution is -2.16. The van der Waals surface area contributed by atoms with Gasteiger partial charge in [0.05, 0.1) is 6.20 Å². The van der Waals surface area contributed by atoms with Crippen LogP contribution >= 0.6 is 0 Å². The van der Waals surface area contributed by atoms with E-state index in [1.807, 2.05) is 13.2 Å². The normalized spacial score (nSPS) is 10.6. The molecule has 2 heterocycles. The Kier molecular flexibility index (Phi) is 3.74. The van der Waals surface area contributed by atoms with Crippen LogP contribution in [0.5, 0.6) is 5.75 Å². The first-order chi connectivity index (χ1) is 10.7. The first-order valence-corrected chi connectivity index (χ1v) is 6.68. The molecule has 0 bridgehead atoms. The van der Waals surface area contributed by atoms with Crippen LogP contribution in [0.1, 0.15) is 0 Å². The monoisotopic (exact) mass is 299 g/mol. The molecule has 0 radical (unpaired) electrons. The summed E-state index contributed by atoms with van der Waals surface area (Å²) >= 11 is 0. The van der Waals surface area contributed by atoms with E-state index in [1.165, 1.54) is 10.6 Å². The molecule has 112 valence electrons. The highest BCUT2D eigenvalue weighted by Gasteiger charge is 2.05. The van der Waals surface area contributed by atoms with E-state index in [0.717, 1.165) is 11.1 Å². The fourth-order valence-electron chi connectivity index (χ4n) is 2.20. The van der Waals surface area contributed by atoms with Gasteiger partial charge in [0.1, 0.15) is 5.75 Å². The number of hydrogen-bond acceptors (Lipinski definition) is 3. The Labute approximate surface area is 126 Å². The molecule has 3 rings (SSSR count). The molecule has 0 aliphatic rings. The molecule has 6 heteroatoms. The van der Waals surface area contributed by atoms with E-state index in [-0.39, 0.29) is 5.56 Å². The predicted molar refractivity (Wildman–Crippen MR) is 80.8 cm³/mol. The maximum Gasteiger partial charge on any atom is 0.255 e. The van der Waals surface area contributed by atoms with Gasteiger partial charge in [0, 0.05) is 42.3 Å². The van der Waals surface area contributed by atoms with Crippen LogP contribution < -0.4 is 10.3 Å². The maximum absolute atomic E-state index is 12.1. The van der Waals surface area contributed by atoms with Gasteiger partial charge in [0.2, 0.25) is 6.86 Å². The topological polar surface area (TPSA) is 49.0 Å². The largest absolute Gasteiger partial charge is 0.463 e. The van der Waals surface area contributed by atoms with Gasteiger partial charge >= 0.3 is 0 Å². The van der Waals surface area contributed by atoms with Crippen LogP contribution in [-0.2, 0) is 7.05 Å². The number of benzene rings is 1. The summed E-state index contributed by atoms with van der Waals surface area (Å²) in [4.78, 5) is 12.1. The lowest BCUT2D eigenvalue weighted by Gasteiger charge is -2.08. The van der Waals surface area contributed by atoms with Crippen LogP contribution in [0.4, 0.5) is 4.39 Å². The van der Waals surface area contributed by atoms with Crippen molar-refractivity contribution in [2.24, 2.45) is 7.05 Å². The van der Waals surface area contributed by atoms with Crippen molar-refractivity contribution >= 4 is 0 Å². The standard InChI is InChI=1S/C16H14FN3O2/c1-19-9-13(8-18-19)12-2-7-16(21)20(10-12)14-3-5-15(6-4-14)22-11-17/h2-10H,11H2,1H3. The zero-order valence-electron chi connectivity index (χ0n) is 11.9. The van der Waals surface area contributed by atoms with Gasteiger partial charge in [0.25, 0.3) is 5.56 Å². The average Bonchev–Trinajstić information content (AvgIpc) is 2.96. The summed E-state index contributed by atoms with van der Waals surface area (Å²) in [5, 5.41) is 4.13. The number of aryl methyl sites for hydroxylation is 1. The van der Waals surface area contributed by atoms with Gasteiger partial charge in [-0.3, -0.25) is 14.0 Å². The lowest BCUT2D eigenvalue weighted by atomic mass is 10.1. The molecule has 0 spiro atoms. The molecule has 0 fully saturated rings. The predicted octanol–water partition coefficient (Wildman–Crippen LogP) is 2.54. The minimum atomic E-state index is -0.879. The number of aromatic nitrogens is 3. The molecule has 0 saturated heterocycles. The molecule has 0 atom stereocenters. The average molecular weight is 299 g/mol. The molecule has 2 aromatic heterocycles. The number of halogens is 1. The second kappa shape index (κ2) is 5.85. The van der Waals surface area contributed by atoms with Crippen LogP contribution in [0.2, 0.25) is 0 Å². The Morgan fingerprint density at radius 2 is 1.86 bits per heavy atom. The molecule has 1 aromatic carbocycles. The number of nitrogens with zero attached hydrogens (tertiary/aromatic N) is 3. The first-order valence-electron chi connectivity index (χ1n) is 6.68. The lowest BCUT2D eigenvalue weighted by molar-refractivity contribution is 0.192. The van der Waals surface area contributed by atoms with Crippen molar-refractivity contribution in [3.8, 4) is 22.6 Å². The fourth-order valence-corrected chi connectivity index (χ4v) is 2.20.